The molecule has 1 heterocycles. The maximum atomic E-state index is 11.6. The first-order valence-electron chi connectivity index (χ1n) is 6.21. The summed E-state index contributed by atoms with van der Waals surface area (Å²) in [7, 11) is 1.72. The number of benzene rings is 1. The summed E-state index contributed by atoms with van der Waals surface area (Å²) in [6.07, 6.45) is 0.809. The van der Waals surface area contributed by atoms with E-state index in [1.54, 1.807) is 11.9 Å². The minimum absolute atomic E-state index is 0.0565. The van der Waals surface area contributed by atoms with Gasteiger partial charge in [0.1, 0.15) is 5.75 Å². The lowest BCUT2D eigenvalue weighted by Crippen LogP contribution is -2.35. The number of carbonyl (C=O) groups is 2. The van der Waals surface area contributed by atoms with Gasteiger partial charge in [0.05, 0.1) is 5.69 Å². The molecule has 0 aliphatic carbocycles. The molecule has 1 aliphatic rings. The fourth-order valence-corrected chi connectivity index (χ4v) is 2.22. The average Bonchev–Trinajstić information content (AvgIpc) is 2.33. The van der Waals surface area contributed by atoms with Gasteiger partial charge in [-0.3, -0.25) is 9.59 Å². The minimum Gasteiger partial charge on any atom is -0.482 e. The number of carboxylic acid groups (broad SMARTS) is 1. The molecule has 5 heteroatoms. The molecule has 0 fully saturated rings. The number of fused-ring (bicyclic) bond motifs is 1. The van der Waals surface area contributed by atoms with Crippen LogP contribution in [0.25, 0.3) is 0 Å². The lowest BCUT2D eigenvalue weighted by atomic mass is 9.97. The van der Waals surface area contributed by atoms with Crippen LogP contribution in [0.4, 0.5) is 5.69 Å². The molecule has 1 aliphatic heterocycles. The number of likely N-dealkylation sites (N-methyl/N-ethyl adjacent to an activating group) is 1. The third-order valence-corrected chi connectivity index (χ3v) is 3.22. The van der Waals surface area contributed by atoms with Gasteiger partial charge in [0, 0.05) is 13.5 Å². The van der Waals surface area contributed by atoms with Crippen LogP contribution in [-0.2, 0) is 16.0 Å². The Bertz CT molecular complexity index is 512. The molecule has 1 aromatic rings. The third-order valence-electron chi connectivity index (χ3n) is 3.22. The summed E-state index contributed by atoms with van der Waals surface area (Å²) in [6.45, 7) is 1.97. The van der Waals surface area contributed by atoms with Crippen molar-refractivity contribution in [2.45, 2.75) is 19.8 Å². The molecule has 102 valence electrons. The van der Waals surface area contributed by atoms with Crippen LogP contribution in [0.3, 0.4) is 0 Å². The molecule has 0 aromatic heterocycles. The Kier molecular flexibility index (Phi) is 3.74. The summed E-state index contributed by atoms with van der Waals surface area (Å²) in [5.74, 6) is -0.123. The van der Waals surface area contributed by atoms with Crippen molar-refractivity contribution in [1.82, 2.24) is 0 Å². The number of hydrogen-bond acceptors (Lipinski definition) is 3. The van der Waals surface area contributed by atoms with Gasteiger partial charge in [-0.25, -0.2) is 0 Å². The molecule has 0 saturated heterocycles. The Morgan fingerprint density at radius 3 is 2.95 bits per heavy atom. The lowest BCUT2D eigenvalue weighted by Gasteiger charge is -2.26. The summed E-state index contributed by atoms with van der Waals surface area (Å²) in [6, 6.07) is 5.65. The molecule has 1 atom stereocenters. The van der Waals surface area contributed by atoms with E-state index in [-0.39, 0.29) is 24.9 Å². The molecule has 1 amide bonds. The SMILES string of the molecule is CC(CC(=O)O)Cc1ccc2c(c1)N(C)C(=O)CO2. The van der Waals surface area contributed by atoms with E-state index in [0.717, 1.165) is 11.3 Å². The van der Waals surface area contributed by atoms with Crippen molar-refractivity contribution in [2.24, 2.45) is 5.92 Å². The van der Waals surface area contributed by atoms with E-state index < -0.39 is 5.97 Å². The van der Waals surface area contributed by atoms with Crippen molar-refractivity contribution in [3.05, 3.63) is 23.8 Å². The highest BCUT2D eigenvalue weighted by Gasteiger charge is 2.22. The van der Waals surface area contributed by atoms with Crippen molar-refractivity contribution in [3.8, 4) is 5.75 Å². The van der Waals surface area contributed by atoms with Crippen LogP contribution in [0.1, 0.15) is 18.9 Å². The smallest absolute Gasteiger partial charge is 0.303 e. The van der Waals surface area contributed by atoms with Gasteiger partial charge in [-0.15, -0.1) is 0 Å². The fraction of sp³-hybridized carbons (Fsp3) is 0.429. The van der Waals surface area contributed by atoms with Gasteiger partial charge in [-0.05, 0) is 30.0 Å². The maximum Gasteiger partial charge on any atom is 0.303 e. The number of rotatable bonds is 4. The first kappa shape index (κ1) is 13.4. The van der Waals surface area contributed by atoms with E-state index in [4.69, 9.17) is 9.84 Å². The molecular weight excluding hydrogens is 246 g/mol. The van der Waals surface area contributed by atoms with Crippen molar-refractivity contribution in [3.63, 3.8) is 0 Å². The van der Waals surface area contributed by atoms with Crippen LogP contribution in [0, 0.1) is 5.92 Å². The van der Waals surface area contributed by atoms with Crippen LogP contribution in [0.2, 0.25) is 0 Å². The topological polar surface area (TPSA) is 66.8 Å². The highest BCUT2D eigenvalue weighted by molar-refractivity contribution is 5.97. The second-order valence-electron chi connectivity index (χ2n) is 4.95. The summed E-state index contributed by atoms with van der Waals surface area (Å²) >= 11 is 0. The van der Waals surface area contributed by atoms with E-state index >= 15 is 0 Å². The molecule has 2 rings (SSSR count). The first-order valence-corrected chi connectivity index (χ1v) is 6.21. The summed E-state index contributed by atoms with van der Waals surface area (Å²) < 4.78 is 5.35. The molecule has 0 radical (unpaired) electrons. The Hall–Kier alpha value is -2.04. The standard InChI is InChI=1S/C14H17NO4/c1-9(6-14(17)18)5-10-3-4-12-11(7-10)15(2)13(16)8-19-12/h3-4,7,9H,5-6,8H2,1-2H3,(H,17,18). The number of carbonyl (C=O) groups excluding carboxylic acids is 1. The zero-order valence-corrected chi connectivity index (χ0v) is 11.0. The number of aliphatic carboxylic acids is 1. The minimum atomic E-state index is -0.791. The molecule has 5 nitrogen and oxygen atoms in total. The summed E-state index contributed by atoms with van der Waals surface area (Å²) in [5.41, 5.74) is 1.76. The zero-order valence-electron chi connectivity index (χ0n) is 11.0. The quantitative estimate of drug-likeness (QED) is 0.897. The number of carboxylic acids is 1. The van der Waals surface area contributed by atoms with Crippen molar-refractivity contribution in [2.75, 3.05) is 18.6 Å². The van der Waals surface area contributed by atoms with E-state index in [2.05, 4.69) is 0 Å². The highest BCUT2D eigenvalue weighted by Crippen LogP contribution is 2.32. The summed E-state index contributed by atoms with van der Waals surface area (Å²) in [5, 5.41) is 8.76. The number of hydrogen-bond donors (Lipinski definition) is 1. The van der Waals surface area contributed by atoms with E-state index in [9.17, 15) is 9.59 Å². The largest absolute Gasteiger partial charge is 0.482 e. The Morgan fingerprint density at radius 1 is 1.53 bits per heavy atom. The van der Waals surface area contributed by atoms with Crippen molar-refractivity contribution < 1.29 is 19.4 Å². The van der Waals surface area contributed by atoms with E-state index in [1.165, 1.54) is 0 Å². The van der Waals surface area contributed by atoms with Crippen molar-refractivity contribution >= 4 is 17.6 Å². The Morgan fingerprint density at radius 2 is 2.26 bits per heavy atom. The van der Waals surface area contributed by atoms with E-state index in [0.29, 0.717) is 12.2 Å². The van der Waals surface area contributed by atoms with Crippen LogP contribution in [0.15, 0.2) is 18.2 Å². The average molecular weight is 263 g/mol. The molecule has 1 N–H and O–H groups in total. The van der Waals surface area contributed by atoms with Gasteiger partial charge in [-0.2, -0.15) is 0 Å². The van der Waals surface area contributed by atoms with Crippen LogP contribution < -0.4 is 9.64 Å². The monoisotopic (exact) mass is 263 g/mol. The second kappa shape index (κ2) is 5.30. The zero-order chi connectivity index (χ0) is 14.0. The lowest BCUT2D eigenvalue weighted by molar-refractivity contribution is -0.137. The molecule has 19 heavy (non-hydrogen) atoms. The van der Waals surface area contributed by atoms with Crippen LogP contribution >= 0.6 is 0 Å². The van der Waals surface area contributed by atoms with Gasteiger partial charge in [0.2, 0.25) is 0 Å². The van der Waals surface area contributed by atoms with Gasteiger partial charge in [-0.1, -0.05) is 13.0 Å². The first-order chi connectivity index (χ1) is 8.97. The number of nitrogens with zero attached hydrogens (tertiary/aromatic N) is 1. The molecule has 1 aromatic carbocycles. The number of ether oxygens (including phenoxy) is 1. The van der Waals surface area contributed by atoms with Crippen LogP contribution in [-0.4, -0.2) is 30.6 Å². The normalized spacial score (nSPS) is 15.7. The van der Waals surface area contributed by atoms with Gasteiger partial charge in [0.15, 0.2) is 6.61 Å². The molecule has 0 bridgehead atoms. The molecule has 1 unspecified atom stereocenters. The van der Waals surface area contributed by atoms with E-state index in [1.807, 2.05) is 25.1 Å². The van der Waals surface area contributed by atoms with Crippen molar-refractivity contribution in [1.29, 1.82) is 0 Å². The number of anilines is 1. The molecule has 0 spiro atoms. The number of amides is 1. The third kappa shape index (κ3) is 3.05. The Labute approximate surface area is 111 Å². The van der Waals surface area contributed by atoms with Gasteiger partial charge < -0.3 is 14.7 Å². The van der Waals surface area contributed by atoms with Gasteiger partial charge >= 0.3 is 5.97 Å². The maximum absolute atomic E-state index is 11.6. The Balaban J connectivity index is 2.16. The fourth-order valence-electron chi connectivity index (χ4n) is 2.22. The highest BCUT2D eigenvalue weighted by atomic mass is 16.5. The predicted octanol–water partition coefficient (Wildman–Crippen LogP) is 1.70. The van der Waals surface area contributed by atoms with Crippen LogP contribution in [0.5, 0.6) is 5.75 Å². The molecular formula is C14H17NO4. The van der Waals surface area contributed by atoms with Gasteiger partial charge in [0.25, 0.3) is 5.91 Å². The molecule has 0 saturated carbocycles. The summed E-state index contributed by atoms with van der Waals surface area (Å²) in [4.78, 5) is 23.8. The second-order valence-corrected chi connectivity index (χ2v) is 4.95. The predicted molar refractivity (Wildman–Crippen MR) is 70.5 cm³/mol.